The molecule has 0 aliphatic carbocycles. The van der Waals surface area contributed by atoms with Crippen LogP contribution in [0.15, 0.2) is 53.0 Å². The first kappa shape index (κ1) is 16.3. The molecule has 2 aromatic rings. The largest absolute Gasteiger partial charge is 0.284 e. The van der Waals surface area contributed by atoms with Gasteiger partial charge < -0.3 is 0 Å². The first-order valence-electron chi connectivity index (χ1n) is 5.55. The van der Waals surface area contributed by atoms with Gasteiger partial charge in [0.25, 0.3) is 11.4 Å². The van der Waals surface area contributed by atoms with E-state index in [1.807, 2.05) is 0 Å². The Kier molecular flexibility index (Phi) is 6.04. The Bertz CT molecular complexity index is 696. The summed E-state index contributed by atoms with van der Waals surface area (Å²) < 4.78 is 0.437. The highest BCUT2D eigenvalue weighted by Crippen LogP contribution is 2.24. The minimum Gasteiger partial charge on any atom is -0.258 e. The number of benzene rings is 2. The van der Waals surface area contributed by atoms with Crippen molar-refractivity contribution in [3.05, 3.63) is 78.8 Å². The SMILES string of the molecule is C#Cc1ccc(Br)c([N+](=O)[O-])c1.O=[N+]([O-])c1ccccc1. The first-order valence-corrected chi connectivity index (χ1v) is 6.35. The summed E-state index contributed by atoms with van der Waals surface area (Å²) in [4.78, 5) is 19.5. The van der Waals surface area contributed by atoms with Crippen molar-refractivity contribution in [1.82, 2.24) is 0 Å². The summed E-state index contributed by atoms with van der Waals surface area (Å²) in [5.41, 5.74) is 0.632. The van der Waals surface area contributed by atoms with Gasteiger partial charge in [-0.05, 0) is 28.1 Å². The highest BCUT2D eigenvalue weighted by Gasteiger charge is 2.10. The summed E-state index contributed by atoms with van der Waals surface area (Å²) in [6.07, 6.45) is 5.08. The average Bonchev–Trinajstić information content (AvgIpc) is 2.49. The van der Waals surface area contributed by atoms with Crippen LogP contribution in [0.3, 0.4) is 0 Å². The molecule has 0 aromatic heterocycles. The summed E-state index contributed by atoms with van der Waals surface area (Å²) in [7, 11) is 0. The van der Waals surface area contributed by atoms with Crippen molar-refractivity contribution in [2.45, 2.75) is 0 Å². The molecule has 0 bridgehead atoms. The minimum absolute atomic E-state index is 0.00884. The number of rotatable bonds is 2. The van der Waals surface area contributed by atoms with E-state index in [1.165, 1.54) is 18.2 Å². The second-order valence-electron chi connectivity index (χ2n) is 3.66. The van der Waals surface area contributed by atoms with Crippen molar-refractivity contribution in [3.8, 4) is 12.3 Å². The Morgan fingerprint density at radius 1 is 1.00 bits per heavy atom. The maximum atomic E-state index is 10.4. The lowest BCUT2D eigenvalue weighted by Gasteiger charge is -1.94. The van der Waals surface area contributed by atoms with Crippen LogP contribution in [0.5, 0.6) is 0 Å². The zero-order chi connectivity index (χ0) is 15.8. The number of nitro groups is 2. The molecular weight excluding hydrogens is 340 g/mol. The Balaban J connectivity index is 0.000000219. The van der Waals surface area contributed by atoms with Crippen molar-refractivity contribution in [1.29, 1.82) is 0 Å². The zero-order valence-corrected chi connectivity index (χ0v) is 12.2. The fourth-order valence-corrected chi connectivity index (χ4v) is 1.68. The summed E-state index contributed by atoms with van der Waals surface area (Å²) in [5, 5.41) is 20.4. The topological polar surface area (TPSA) is 86.3 Å². The number of nitro benzene ring substituents is 2. The fraction of sp³-hybridized carbons (Fsp3) is 0. The van der Waals surface area contributed by atoms with Crippen molar-refractivity contribution in [2.24, 2.45) is 0 Å². The average molecular weight is 349 g/mol. The highest BCUT2D eigenvalue weighted by molar-refractivity contribution is 9.10. The normalized spacial score (nSPS) is 8.95. The molecule has 2 rings (SSSR count). The number of hydrogen-bond donors (Lipinski definition) is 0. The van der Waals surface area contributed by atoms with Crippen molar-refractivity contribution in [2.75, 3.05) is 0 Å². The molecule has 0 atom stereocenters. The van der Waals surface area contributed by atoms with Crippen LogP contribution >= 0.6 is 15.9 Å². The van der Waals surface area contributed by atoms with Gasteiger partial charge in [-0.1, -0.05) is 24.1 Å². The summed E-state index contributed by atoms with van der Waals surface area (Å²) in [6.45, 7) is 0. The van der Waals surface area contributed by atoms with E-state index in [9.17, 15) is 20.2 Å². The summed E-state index contributed by atoms with van der Waals surface area (Å²) in [6, 6.07) is 12.5. The Morgan fingerprint density at radius 3 is 2.05 bits per heavy atom. The monoisotopic (exact) mass is 348 g/mol. The summed E-state index contributed by atoms with van der Waals surface area (Å²) in [5.74, 6) is 2.32. The number of terminal acetylenes is 1. The van der Waals surface area contributed by atoms with Crippen LogP contribution in [0.4, 0.5) is 11.4 Å². The van der Waals surface area contributed by atoms with E-state index < -0.39 is 9.85 Å². The third kappa shape index (κ3) is 5.04. The number of halogens is 1. The van der Waals surface area contributed by atoms with Gasteiger partial charge in [0.05, 0.1) is 14.3 Å². The lowest BCUT2D eigenvalue weighted by molar-refractivity contribution is -0.385. The van der Waals surface area contributed by atoms with Crippen LogP contribution in [-0.4, -0.2) is 9.85 Å². The van der Waals surface area contributed by atoms with Crippen LogP contribution in [0.1, 0.15) is 5.56 Å². The second-order valence-corrected chi connectivity index (χ2v) is 4.51. The van der Waals surface area contributed by atoms with Crippen molar-refractivity contribution in [3.63, 3.8) is 0 Å². The van der Waals surface area contributed by atoms with Gasteiger partial charge in [0, 0.05) is 23.8 Å². The summed E-state index contributed by atoms with van der Waals surface area (Å²) >= 11 is 3.05. The van der Waals surface area contributed by atoms with E-state index in [-0.39, 0.29) is 11.4 Å². The Labute approximate surface area is 128 Å². The highest BCUT2D eigenvalue weighted by atomic mass is 79.9. The minimum atomic E-state index is -0.481. The van der Waals surface area contributed by atoms with Gasteiger partial charge in [0.1, 0.15) is 0 Å². The second kappa shape index (κ2) is 7.77. The number of hydrogen-bond acceptors (Lipinski definition) is 4. The molecule has 2 aromatic carbocycles. The van der Waals surface area contributed by atoms with E-state index in [4.69, 9.17) is 6.42 Å². The molecule has 0 N–H and O–H groups in total. The van der Waals surface area contributed by atoms with Crippen molar-refractivity contribution >= 4 is 27.3 Å². The smallest absolute Gasteiger partial charge is 0.258 e. The predicted molar refractivity (Wildman–Crippen MR) is 81.8 cm³/mol. The molecule has 6 nitrogen and oxygen atoms in total. The van der Waals surface area contributed by atoms with Gasteiger partial charge in [-0.2, -0.15) is 0 Å². The standard InChI is InChI=1S/C8H4BrNO2.C6H5NO2/c1-2-6-3-4-7(9)8(5-6)10(11)12;8-7(9)6-4-2-1-3-5-6/h1,3-5H;1-5H. The van der Waals surface area contributed by atoms with Gasteiger partial charge in [-0.3, -0.25) is 20.2 Å². The lowest BCUT2D eigenvalue weighted by Crippen LogP contribution is -1.89. The van der Waals surface area contributed by atoms with Crippen LogP contribution in [-0.2, 0) is 0 Å². The number of para-hydroxylation sites is 1. The van der Waals surface area contributed by atoms with E-state index >= 15 is 0 Å². The molecule has 21 heavy (non-hydrogen) atoms. The van der Waals surface area contributed by atoms with Crippen LogP contribution < -0.4 is 0 Å². The molecule has 0 saturated carbocycles. The molecule has 7 heteroatoms. The maximum Gasteiger partial charge on any atom is 0.284 e. The number of nitrogens with zero attached hydrogens (tertiary/aromatic N) is 2. The van der Waals surface area contributed by atoms with Gasteiger partial charge >= 0.3 is 0 Å². The third-order valence-electron chi connectivity index (χ3n) is 2.28. The van der Waals surface area contributed by atoms with Crippen LogP contribution in [0.2, 0.25) is 0 Å². The Hall–Kier alpha value is -2.72. The molecule has 0 aliphatic rings. The van der Waals surface area contributed by atoms with E-state index in [0.717, 1.165) is 0 Å². The maximum absolute atomic E-state index is 10.4. The van der Waals surface area contributed by atoms with E-state index in [1.54, 1.807) is 30.3 Å². The van der Waals surface area contributed by atoms with Gasteiger partial charge in [0.15, 0.2) is 0 Å². The molecule has 106 valence electrons. The first-order chi connectivity index (χ1) is 9.95. The van der Waals surface area contributed by atoms with Crippen LogP contribution in [0, 0.1) is 32.6 Å². The molecule has 0 saturated heterocycles. The molecule has 0 radical (unpaired) electrons. The van der Waals surface area contributed by atoms with E-state index in [2.05, 4.69) is 21.9 Å². The van der Waals surface area contributed by atoms with E-state index in [0.29, 0.717) is 10.0 Å². The molecule has 0 fully saturated rings. The van der Waals surface area contributed by atoms with Gasteiger partial charge in [0.2, 0.25) is 0 Å². The molecule has 0 spiro atoms. The van der Waals surface area contributed by atoms with Gasteiger partial charge in [-0.15, -0.1) is 6.42 Å². The number of non-ortho nitro benzene ring substituents is 1. The molecular formula is C14H9BrN2O4. The lowest BCUT2D eigenvalue weighted by atomic mass is 10.2. The van der Waals surface area contributed by atoms with Crippen molar-refractivity contribution < 1.29 is 9.85 Å². The molecule has 0 unspecified atom stereocenters. The van der Waals surface area contributed by atoms with Gasteiger partial charge in [-0.25, -0.2) is 0 Å². The fourth-order valence-electron chi connectivity index (χ4n) is 1.29. The molecule has 0 amide bonds. The molecule has 0 heterocycles. The zero-order valence-electron chi connectivity index (χ0n) is 10.6. The molecule has 0 aliphatic heterocycles. The van der Waals surface area contributed by atoms with Crippen LogP contribution in [0.25, 0.3) is 0 Å². The Morgan fingerprint density at radius 2 is 1.62 bits per heavy atom. The quantitative estimate of drug-likeness (QED) is 0.467. The third-order valence-corrected chi connectivity index (χ3v) is 2.95. The predicted octanol–water partition coefficient (Wildman–Crippen LogP) is 3.93.